The number of fused-ring (bicyclic) bond motifs is 2. The Hall–Kier alpha value is -2.83. The molecule has 4 aliphatic rings. The second kappa shape index (κ2) is 7.21. The van der Waals surface area contributed by atoms with E-state index < -0.39 is 5.91 Å². The van der Waals surface area contributed by atoms with Gasteiger partial charge in [-0.3, -0.25) is 9.59 Å². The van der Waals surface area contributed by atoms with Crippen molar-refractivity contribution in [3.63, 3.8) is 0 Å². The summed E-state index contributed by atoms with van der Waals surface area (Å²) in [6.45, 7) is 1.36. The van der Waals surface area contributed by atoms with Gasteiger partial charge in [0.2, 0.25) is 0 Å². The fourth-order valence-corrected chi connectivity index (χ4v) is 4.99. The summed E-state index contributed by atoms with van der Waals surface area (Å²) in [5.74, 6) is 0.269. The molecule has 2 amide bonds. The van der Waals surface area contributed by atoms with Gasteiger partial charge in [-0.25, -0.2) is 4.39 Å². The quantitative estimate of drug-likeness (QED) is 0.748. The fraction of sp³-hybridized carbons (Fsp3) is 0.455. The highest BCUT2D eigenvalue weighted by molar-refractivity contribution is 6.35. The average molecular weight is 394 g/mol. The number of piperazine rings is 1. The number of amides is 2. The molecule has 0 N–H and O–H groups in total. The van der Waals surface area contributed by atoms with Gasteiger partial charge in [0.1, 0.15) is 5.82 Å². The van der Waals surface area contributed by atoms with Crippen molar-refractivity contribution < 1.29 is 14.0 Å². The van der Waals surface area contributed by atoms with Crippen LogP contribution in [0.3, 0.4) is 0 Å². The fourth-order valence-electron chi connectivity index (χ4n) is 4.99. The van der Waals surface area contributed by atoms with E-state index in [0.29, 0.717) is 36.0 Å². The molecule has 3 saturated carbocycles. The van der Waals surface area contributed by atoms with Gasteiger partial charge in [0, 0.05) is 24.7 Å². The van der Waals surface area contributed by atoms with Crippen LogP contribution >= 0.6 is 0 Å². The lowest BCUT2D eigenvalue weighted by molar-refractivity contribution is -0.161. The Morgan fingerprint density at radius 3 is 2.55 bits per heavy atom. The van der Waals surface area contributed by atoms with Crippen molar-refractivity contribution in [2.45, 2.75) is 38.3 Å². The molecule has 1 aromatic heterocycles. The van der Waals surface area contributed by atoms with Crippen molar-refractivity contribution in [1.82, 2.24) is 20.0 Å². The molecule has 0 spiro atoms. The number of aromatic nitrogens is 2. The van der Waals surface area contributed by atoms with Gasteiger partial charge < -0.3 is 9.80 Å². The summed E-state index contributed by atoms with van der Waals surface area (Å²) in [5.41, 5.74) is 1.82. The van der Waals surface area contributed by atoms with Crippen molar-refractivity contribution in [2.75, 3.05) is 13.1 Å². The minimum Gasteiger partial charge on any atom is -0.329 e. The Morgan fingerprint density at radius 2 is 1.86 bits per heavy atom. The highest BCUT2D eigenvalue weighted by atomic mass is 19.1. The van der Waals surface area contributed by atoms with E-state index in [1.807, 2.05) is 4.90 Å². The molecule has 4 fully saturated rings. The number of hydrogen-bond acceptors (Lipinski definition) is 4. The zero-order chi connectivity index (χ0) is 20.0. The first-order valence-corrected chi connectivity index (χ1v) is 10.3. The van der Waals surface area contributed by atoms with Crippen molar-refractivity contribution in [1.29, 1.82) is 0 Å². The van der Waals surface area contributed by atoms with Gasteiger partial charge in [0.25, 0.3) is 0 Å². The third kappa shape index (κ3) is 3.39. The molecule has 6 nitrogen and oxygen atoms in total. The Balaban J connectivity index is 1.24. The Kier molecular flexibility index (Phi) is 4.53. The second-order valence-electron chi connectivity index (χ2n) is 8.39. The summed E-state index contributed by atoms with van der Waals surface area (Å²) in [5, 5.41) is 8.33. The van der Waals surface area contributed by atoms with Crippen LogP contribution in [-0.2, 0) is 16.1 Å². The van der Waals surface area contributed by atoms with Crippen LogP contribution in [0.15, 0.2) is 36.4 Å². The molecular formula is C22H23FN4O2. The van der Waals surface area contributed by atoms with E-state index >= 15 is 0 Å². The first-order valence-electron chi connectivity index (χ1n) is 10.3. The number of rotatable bonds is 4. The molecule has 0 radical (unpaired) electrons. The standard InChI is InChI=1S/C22H23FN4O2/c23-17-3-1-2-15(12-17)19-6-5-18(24-25-19)13-26-8-9-27(22(29)21(26)28)20-7-4-14-10-16(20)11-14/h1-3,5-6,12,14,16,20H,4,7-11,13H2/t14?,16?,20-/m1/s1. The van der Waals surface area contributed by atoms with E-state index in [4.69, 9.17) is 0 Å². The molecule has 7 heteroatoms. The molecule has 6 rings (SSSR count). The minimum absolute atomic E-state index is 0.240. The van der Waals surface area contributed by atoms with E-state index in [9.17, 15) is 14.0 Å². The number of halogens is 1. The van der Waals surface area contributed by atoms with Gasteiger partial charge in [-0.2, -0.15) is 10.2 Å². The van der Waals surface area contributed by atoms with E-state index in [2.05, 4.69) is 10.2 Å². The third-order valence-corrected chi connectivity index (χ3v) is 6.62. The predicted molar refractivity (Wildman–Crippen MR) is 104 cm³/mol. The predicted octanol–water partition coefficient (Wildman–Crippen LogP) is 2.64. The van der Waals surface area contributed by atoms with Crippen molar-refractivity contribution >= 4 is 11.8 Å². The van der Waals surface area contributed by atoms with Crippen molar-refractivity contribution in [3.8, 4) is 11.3 Å². The normalized spacial score (nSPS) is 26.4. The second-order valence-corrected chi connectivity index (χ2v) is 8.39. The monoisotopic (exact) mass is 394 g/mol. The Morgan fingerprint density at radius 1 is 1.00 bits per heavy atom. The van der Waals surface area contributed by atoms with Gasteiger partial charge >= 0.3 is 11.8 Å². The van der Waals surface area contributed by atoms with Crippen LogP contribution in [-0.4, -0.2) is 50.9 Å². The maximum Gasteiger partial charge on any atom is 0.312 e. The maximum atomic E-state index is 13.4. The zero-order valence-electron chi connectivity index (χ0n) is 16.1. The van der Waals surface area contributed by atoms with Gasteiger partial charge in [0.05, 0.1) is 17.9 Å². The van der Waals surface area contributed by atoms with Crippen molar-refractivity contribution in [3.05, 3.63) is 47.9 Å². The third-order valence-electron chi connectivity index (χ3n) is 6.62. The molecule has 1 aliphatic heterocycles. The van der Waals surface area contributed by atoms with E-state index in [1.54, 1.807) is 29.2 Å². The van der Waals surface area contributed by atoms with Crippen LogP contribution in [0.2, 0.25) is 0 Å². The molecule has 0 unspecified atom stereocenters. The number of benzene rings is 1. The van der Waals surface area contributed by atoms with Gasteiger partial charge in [-0.05, 0) is 61.8 Å². The summed E-state index contributed by atoms with van der Waals surface area (Å²) < 4.78 is 13.4. The summed E-state index contributed by atoms with van der Waals surface area (Å²) in [6, 6.07) is 9.94. The van der Waals surface area contributed by atoms with Crippen LogP contribution in [0.1, 0.15) is 31.4 Å². The van der Waals surface area contributed by atoms with Gasteiger partial charge in [0.15, 0.2) is 0 Å². The van der Waals surface area contributed by atoms with Crippen LogP contribution in [0.4, 0.5) is 4.39 Å². The number of carbonyl (C=O) groups is 2. The SMILES string of the molecule is O=C1C(=O)N([C@@H]2CCC3CC2C3)CCN1Cc1ccc(-c2cccc(F)c2)nn1. The number of hydrogen-bond donors (Lipinski definition) is 0. The minimum atomic E-state index is -0.450. The first kappa shape index (κ1) is 18.2. The molecule has 3 aliphatic carbocycles. The Bertz CT molecular complexity index is 939. The molecule has 1 atom stereocenters. The molecule has 2 heterocycles. The summed E-state index contributed by atoms with van der Waals surface area (Å²) in [4.78, 5) is 28.8. The molecule has 150 valence electrons. The smallest absolute Gasteiger partial charge is 0.312 e. The van der Waals surface area contributed by atoms with Crippen LogP contribution in [0.5, 0.6) is 0 Å². The number of nitrogens with zero attached hydrogens (tertiary/aromatic N) is 4. The van der Waals surface area contributed by atoms with E-state index in [-0.39, 0.29) is 24.3 Å². The first-order chi connectivity index (χ1) is 14.1. The zero-order valence-corrected chi connectivity index (χ0v) is 16.1. The molecule has 29 heavy (non-hydrogen) atoms. The summed E-state index contributed by atoms with van der Waals surface area (Å²) in [7, 11) is 0. The van der Waals surface area contributed by atoms with Crippen molar-refractivity contribution in [2.24, 2.45) is 11.8 Å². The van der Waals surface area contributed by atoms with Crippen LogP contribution < -0.4 is 0 Å². The van der Waals surface area contributed by atoms with E-state index in [1.165, 1.54) is 31.4 Å². The lowest BCUT2D eigenvalue weighted by Gasteiger charge is -2.51. The lowest BCUT2D eigenvalue weighted by Crippen LogP contribution is -2.60. The summed E-state index contributed by atoms with van der Waals surface area (Å²) >= 11 is 0. The Labute approximate surface area is 168 Å². The van der Waals surface area contributed by atoms with Crippen LogP contribution in [0.25, 0.3) is 11.3 Å². The largest absolute Gasteiger partial charge is 0.329 e. The molecule has 1 saturated heterocycles. The lowest BCUT2D eigenvalue weighted by atomic mass is 9.62. The van der Waals surface area contributed by atoms with Crippen LogP contribution in [0, 0.1) is 17.7 Å². The summed E-state index contributed by atoms with van der Waals surface area (Å²) in [6.07, 6.45) is 4.62. The molecular weight excluding hydrogens is 371 g/mol. The van der Waals surface area contributed by atoms with E-state index in [0.717, 1.165) is 12.3 Å². The maximum absolute atomic E-state index is 13.4. The molecule has 2 bridgehead atoms. The van der Waals surface area contributed by atoms with Gasteiger partial charge in [-0.1, -0.05) is 12.1 Å². The number of carbonyl (C=O) groups excluding carboxylic acids is 2. The molecule has 2 aromatic rings. The highest BCUT2D eigenvalue weighted by Gasteiger charge is 2.46. The average Bonchev–Trinajstić information content (AvgIpc) is 2.71. The topological polar surface area (TPSA) is 66.4 Å². The highest BCUT2D eigenvalue weighted by Crippen LogP contribution is 2.47. The van der Waals surface area contributed by atoms with Gasteiger partial charge in [-0.15, -0.1) is 0 Å². The molecule has 1 aromatic carbocycles.